The van der Waals surface area contributed by atoms with E-state index >= 15 is 0 Å². The first-order chi connectivity index (χ1) is 14.4. The fourth-order valence-corrected chi connectivity index (χ4v) is 7.28. The van der Waals surface area contributed by atoms with Gasteiger partial charge >= 0.3 is 0 Å². The summed E-state index contributed by atoms with van der Waals surface area (Å²) in [6, 6.07) is 4.04. The lowest BCUT2D eigenvalue weighted by molar-refractivity contribution is -0.121. The molecular formula is C23H30N4O2S. The van der Waals surface area contributed by atoms with Crippen LogP contribution in [0.5, 0.6) is 0 Å². The maximum Gasteiger partial charge on any atom is 0.264 e. The van der Waals surface area contributed by atoms with Crippen molar-refractivity contribution in [3.05, 3.63) is 30.1 Å². The molecule has 5 rings (SSSR count). The quantitative estimate of drug-likeness (QED) is 0.801. The van der Waals surface area contributed by atoms with Crippen LogP contribution in [0.3, 0.4) is 0 Å². The third kappa shape index (κ3) is 3.35. The number of nitrogens with zero attached hydrogens (tertiary/aromatic N) is 3. The zero-order chi connectivity index (χ0) is 20.9. The van der Waals surface area contributed by atoms with E-state index < -0.39 is 4.75 Å². The Hall–Kier alpha value is -1.89. The summed E-state index contributed by atoms with van der Waals surface area (Å²) in [5.74, 6) is 1.08. The number of thioether (sulfide) groups is 1. The number of aromatic nitrogens is 1. The summed E-state index contributed by atoms with van der Waals surface area (Å²) in [4.78, 5) is 36.0. The van der Waals surface area contributed by atoms with Gasteiger partial charge in [-0.1, -0.05) is 18.7 Å². The minimum Gasteiger partial charge on any atom is -0.361 e. The highest BCUT2D eigenvalue weighted by Gasteiger charge is 2.52. The molecule has 1 unspecified atom stereocenters. The number of pyridine rings is 1. The fraction of sp³-hybridized carbons (Fsp3) is 0.652. The minimum atomic E-state index is -0.524. The number of hydrogen-bond acceptors (Lipinski definition) is 5. The van der Waals surface area contributed by atoms with Crippen molar-refractivity contribution in [1.82, 2.24) is 15.2 Å². The average Bonchev–Trinajstić information content (AvgIpc) is 3.38. The van der Waals surface area contributed by atoms with Crippen LogP contribution in [0.25, 0.3) is 0 Å². The molecule has 2 bridgehead atoms. The summed E-state index contributed by atoms with van der Waals surface area (Å²) >= 11 is 1.62. The molecule has 2 aliphatic heterocycles. The van der Waals surface area contributed by atoms with Gasteiger partial charge in [0.1, 0.15) is 4.75 Å². The summed E-state index contributed by atoms with van der Waals surface area (Å²) in [5.41, 5.74) is 0.982. The molecule has 6 nitrogen and oxygen atoms in total. The van der Waals surface area contributed by atoms with Gasteiger partial charge in [-0.05, 0) is 74.8 Å². The smallest absolute Gasteiger partial charge is 0.264 e. The van der Waals surface area contributed by atoms with Gasteiger partial charge in [-0.3, -0.25) is 14.6 Å². The predicted molar refractivity (Wildman–Crippen MR) is 118 cm³/mol. The first kappa shape index (κ1) is 20.0. The molecule has 3 heterocycles. The highest BCUT2D eigenvalue weighted by molar-refractivity contribution is 8.16. The number of rotatable bonds is 3. The lowest BCUT2D eigenvalue weighted by Crippen LogP contribution is -2.47. The molecule has 4 aliphatic rings. The molecule has 4 atom stereocenters. The van der Waals surface area contributed by atoms with Crippen molar-refractivity contribution >= 4 is 28.7 Å². The summed E-state index contributed by atoms with van der Waals surface area (Å²) in [7, 11) is 0. The Bertz CT molecular complexity index is 882. The number of aliphatic imine (C=N–C) groups is 1. The first-order valence-electron chi connectivity index (χ1n) is 11.2. The number of amides is 2. The van der Waals surface area contributed by atoms with Crippen molar-refractivity contribution in [3.63, 3.8) is 0 Å². The molecule has 7 heteroatoms. The van der Waals surface area contributed by atoms with Gasteiger partial charge in [-0.15, -0.1) is 0 Å². The van der Waals surface area contributed by atoms with Crippen molar-refractivity contribution in [1.29, 1.82) is 0 Å². The Kier molecular flexibility index (Phi) is 4.92. The lowest BCUT2D eigenvalue weighted by Gasteiger charge is -2.38. The summed E-state index contributed by atoms with van der Waals surface area (Å²) < 4.78 is -0.524. The second-order valence-electron chi connectivity index (χ2n) is 9.93. The van der Waals surface area contributed by atoms with Crippen LogP contribution in [-0.2, 0) is 4.79 Å². The van der Waals surface area contributed by atoms with Crippen LogP contribution in [0.2, 0.25) is 0 Å². The molecule has 1 saturated heterocycles. The molecule has 30 heavy (non-hydrogen) atoms. The standard InChI is InChI=1S/C23H30N4O2S/c1-22-8-5-15(13-22)12-18(22)25-21-26-20(29)23(2,30-21)17-6-10-27(11-7-17)19(28)16-4-3-9-24-14-16/h3-4,9,14-15,17-18H,5-8,10-13H2,1-2H3,(H,25,26,29)/t15-,18-,22-,23?/m0/s1. The number of piperidine rings is 1. The summed E-state index contributed by atoms with van der Waals surface area (Å²) in [6.45, 7) is 5.78. The Balaban J connectivity index is 1.20. The second kappa shape index (κ2) is 7.36. The molecule has 0 spiro atoms. The number of fused-ring (bicyclic) bond motifs is 2. The van der Waals surface area contributed by atoms with E-state index in [2.05, 4.69) is 22.2 Å². The molecule has 1 aromatic rings. The third-order valence-electron chi connectivity index (χ3n) is 7.99. The number of likely N-dealkylation sites (tertiary alicyclic amines) is 1. The van der Waals surface area contributed by atoms with E-state index in [1.165, 1.54) is 25.7 Å². The molecule has 2 aliphatic carbocycles. The largest absolute Gasteiger partial charge is 0.361 e. The van der Waals surface area contributed by atoms with Crippen LogP contribution < -0.4 is 5.32 Å². The van der Waals surface area contributed by atoms with Gasteiger partial charge in [0.15, 0.2) is 5.17 Å². The van der Waals surface area contributed by atoms with E-state index in [4.69, 9.17) is 0 Å². The van der Waals surface area contributed by atoms with Crippen LogP contribution >= 0.6 is 11.8 Å². The summed E-state index contributed by atoms with van der Waals surface area (Å²) in [6.07, 6.45) is 10.1. The van der Waals surface area contributed by atoms with Crippen molar-refractivity contribution in [2.75, 3.05) is 13.1 Å². The van der Waals surface area contributed by atoms with Gasteiger partial charge in [0.2, 0.25) is 0 Å². The van der Waals surface area contributed by atoms with Gasteiger partial charge in [-0.2, -0.15) is 4.99 Å². The van der Waals surface area contributed by atoms with Crippen LogP contribution in [0, 0.1) is 17.3 Å². The fourth-order valence-electron chi connectivity index (χ4n) is 6.01. The maximum atomic E-state index is 12.9. The van der Waals surface area contributed by atoms with Gasteiger partial charge in [0.05, 0.1) is 5.56 Å². The summed E-state index contributed by atoms with van der Waals surface area (Å²) in [5, 5.41) is 4.46. The zero-order valence-corrected chi connectivity index (χ0v) is 18.6. The number of carbonyl (C=O) groups excluding carboxylic acids is 2. The monoisotopic (exact) mass is 426 g/mol. The van der Waals surface area contributed by atoms with Gasteiger partial charge < -0.3 is 10.2 Å². The third-order valence-corrected chi connectivity index (χ3v) is 9.33. The maximum absolute atomic E-state index is 12.9. The number of carbonyl (C=O) groups is 2. The Morgan fingerprint density at radius 2 is 2.07 bits per heavy atom. The highest BCUT2D eigenvalue weighted by Crippen LogP contribution is 2.54. The van der Waals surface area contributed by atoms with Gasteiger partial charge in [-0.25, -0.2) is 0 Å². The minimum absolute atomic E-state index is 0.0136. The topological polar surface area (TPSA) is 74.7 Å². The molecule has 2 amide bonds. The van der Waals surface area contributed by atoms with Crippen LogP contribution in [-0.4, -0.2) is 50.7 Å². The molecule has 1 N–H and O–H groups in total. The first-order valence-corrected chi connectivity index (χ1v) is 12.0. The second-order valence-corrected chi connectivity index (χ2v) is 11.4. The SMILES string of the molecule is CC1(C2CCN(C(=O)c3cccnc3)CC2)SC(N[C@H]2C[C@@H]3CC[C@@]2(C)C3)=NC1=O. The predicted octanol–water partition coefficient (Wildman–Crippen LogP) is 3.49. The average molecular weight is 427 g/mol. The molecule has 0 radical (unpaired) electrons. The van der Waals surface area contributed by atoms with E-state index in [-0.39, 0.29) is 17.7 Å². The zero-order valence-electron chi connectivity index (χ0n) is 17.8. The van der Waals surface area contributed by atoms with Crippen molar-refractivity contribution in [3.8, 4) is 0 Å². The van der Waals surface area contributed by atoms with Crippen LogP contribution in [0.15, 0.2) is 29.5 Å². The van der Waals surface area contributed by atoms with Crippen LogP contribution in [0.1, 0.15) is 62.7 Å². The van der Waals surface area contributed by atoms with E-state index in [0.29, 0.717) is 30.1 Å². The Morgan fingerprint density at radius 1 is 1.27 bits per heavy atom. The van der Waals surface area contributed by atoms with E-state index in [1.807, 2.05) is 11.8 Å². The molecule has 2 saturated carbocycles. The van der Waals surface area contributed by atoms with Crippen molar-refractivity contribution in [2.24, 2.45) is 22.2 Å². The number of hydrogen-bond donors (Lipinski definition) is 1. The van der Waals surface area contributed by atoms with E-state index in [9.17, 15) is 9.59 Å². The van der Waals surface area contributed by atoms with Gasteiger partial charge in [0.25, 0.3) is 11.8 Å². The molecule has 1 aromatic heterocycles. The number of nitrogens with one attached hydrogen (secondary N) is 1. The number of amidine groups is 1. The molecular weight excluding hydrogens is 396 g/mol. The van der Waals surface area contributed by atoms with Crippen molar-refractivity contribution < 1.29 is 9.59 Å². The molecule has 160 valence electrons. The highest BCUT2D eigenvalue weighted by atomic mass is 32.2. The van der Waals surface area contributed by atoms with Crippen LogP contribution in [0.4, 0.5) is 0 Å². The Labute approximate surface area is 182 Å². The Morgan fingerprint density at radius 3 is 2.70 bits per heavy atom. The molecule has 3 fully saturated rings. The normalized spacial score (nSPS) is 36.3. The lowest BCUT2D eigenvalue weighted by atomic mass is 9.82. The molecule has 0 aromatic carbocycles. The van der Waals surface area contributed by atoms with E-state index in [0.717, 1.165) is 23.9 Å². The van der Waals surface area contributed by atoms with E-state index in [1.54, 1.807) is 36.3 Å². The van der Waals surface area contributed by atoms with Crippen molar-refractivity contribution in [2.45, 2.75) is 63.2 Å². The van der Waals surface area contributed by atoms with Gasteiger partial charge in [0, 0.05) is 31.5 Å².